The third-order valence-electron chi connectivity index (χ3n) is 4.64. The Morgan fingerprint density at radius 1 is 0.781 bits per heavy atom. The van der Waals surface area contributed by atoms with Gasteiger partial charge in [0.05, 0.1) is 16.8 Å². The molecule has 0 saturated heterocycles. The Morgan fingerprint density at radius 2 is 1.44 bits per heavy atom. The maximum absolute atomic E-state index is 13.9. The van der Waals surface area contributed by atoms with Crippen molar-refractivity contribution in [1.82, 2.24) is 0 Å². The first kappa shape index (κ1) is 21.1. The molecule has 3 aromatic carbocycles. The van der Waals surface area contributed by atoms with Crippen LogP contribution < -0.4 is 10.6 Å². The number of carbonyl (C=O) groups is 2. The molecule has 5 nitrogen and oxygen atoms in total. The smallest absolute Gasteiger partial charge is 0.417 e. The monoisotopic (exact) mass is 442 g/mol. The summed E-state index contributed by atoms with van der Waals surface area (Å²) in [6.07, 6.45) is -4.75. The van der Waals surface area contributed by atoms with Crippen molar-refractivity contribution in [3.05, 3.63) is 95.5 Å². The number of para-hydroxylation sites is 2. The molecule has 9 heteroatoms. The zero-order valence-corrected chi connectivity index (χ0v) is 16.2. The zero-order chi connectivity index (χ0) is 22.9. The normalized spacial score (nSPS) is 11.4. The first-order valence-electron chi connectivity index (χ1n) is 9.30. The number of alkyl halides is 3. The van der Waals surface area contributed by atoms with Crippen molar-refractivity contribution in [2.75, 3.05) is 10.6 Å². The summed E-state index contributed by atoms with van der Waals surface area (Å²) in [6, 6.07) is 16.0. The lowest BCUT2D eigenvalue weighted by atomic mass is 10.1. The summed E-state index contributed by atoms with van der Waals surface area (Å²) in [7, 11) is 0. The van der Waals surface area contributed by atoms with Gasteiger partial charge in [-0.1, -0.05) is 36.4 Å². The number of halogens is 4. The molecule has 0 saturated carbocycles. The predicted molar refractivity (Wildman–Crippen MR) is 110 cm³/mol. The van der Waals surface area contributed by atoms with Gasteiger partial charge in [0.1, 0.15) is 17.1 Å². The number of anilines is 2. The van der Waals surface area contributed by atoms with Gasteiger partial charge in [-0.05, 0) is 36.4 Å². The van der Waals surface area contributed by atoms with Crippen LogP contribution in [0, 0.1) is 5.82 Å². The van der Waals surface area contributed by atoms with Gasteiger partial charge in [0.2, 0.25) is 5.76 Å². The summed E-state index contributed by atoms with van der Waals surface area (Å²) >= 11 is 0. The highest BCUT2D eigenvalue weighted by Crippen LogP contribution is 2.35. The summed E-state index contributed by atoms with van der Waals surface area (Å²) in [4.78, 5) is 25.6. The highest BCUT2D eigenvalue weighted by Gasteiger charge is 2.35. The number of benzene rings is 3. The van der Waals surface area contributed by atoms with Crippen molar-refractivity contribution < 1.29 is 31.6 Å². The van der Waals surface area contributed by atoms with Crippen LogP contribution in [-0.2, 0) is 6.18 Å². The SMILES string of the molecule is O=C(Nc1c(C(=O)Nc2ccccc2F)oc2ccccc12)c1ccccc1C(F)(F)F. The molecule has 0 radical (unpaired) electrons. The quantitative estimate of drug-likeness (QED) is 0.376. The lowest BCUT2D eigenvalue weighted by molar-refractivity contribution is -0.137. The molecule has 0 spiro atoms. The van der Waals surface area contributed by atoms with Crippen LogP contribution in [0.25, 0.3) is 11.0 Å². The minimum Gasteiger partial charge on any atom is -0.449 e. The summed E-state index contributed by atoms with van der Waals surface area (Å²) in [5.41, 5.74) is -1.78. The fourth-order valence-corrected chi connectivity index (χ4v) is 3.18. The van der Waals surface area contributed by atoms with Crippen LogP contribution >= 0.6 is 0 Å². The molecule has 2 N–H and O–H groups in total. The van der Waals surface area contributed by atoms with Crippen molar-refractivity contribution in [3.63, 3.8) is 0 Å². The molecule has 1 aromatic heterocycles. The maximum atomic E-state index is 13.9. The molecule has 0 unspecified atom stereocenters. The summed E-state index contributed by atoms with van der Waals surface area (Å²) in [6.45, 7) is 0. The van der Waals surface area contributed by atoms with Crippen LogP contribution in [-0.4, -0.2) is 11.8 Å². The fraction of sp³-hybridized carbons (Fsp3) is 0.0435. The van der Waals surface area contributed by atoms with E-state index in [-0.39, 0.29) is 22.7 Å². The molecule has 1 heterocycles. The van der Waals surface area contributed by atoms with E-state index in [9.17, 15) is 27.2 Å². The Labute approximate surface area is 178 Å². The Morgan fingerprint density at radius 3 is 2.19 bits per heavy atom. The number of carbonyl (C=O) groups excluding carboxylic acids is 2. The van der Waals surface area contributed by atoms with E-state index in [1.807, 2.05) is 0 Å². The molecule has 2 amide bonds. The first-order chi connectivity index (χ1) is 15.3. The molecule has 0 aliphatic heterocycles. The second kappa shape index (κ2) is 8.18. The number of hydrogen-bond donors (Lipinski definition) is 2. The minimum atomic E-state index is -4.75. The van der Waals surface area contributed by atoms with Crippen LogP contribution in [0.4, 0.5) is 28.9 Å². The van der Waals surface area contributed by atoms with Gasteiger partial charge in [-0.3, -0.25) is 9.59 Å². The number of rotatable bonds is 4. The summed E-state index contributed by atoms with van der Waals surface area (Å²) in [5, 5.41) is 4.99. The summed E-state index contributed by atoms with van der Waals surface area (Å²) < 4.78 is 59.5. The standard InChI is InChI=1S/C23H14F4N2O3/c24-16-10-4-5-11-17(16)28-22(31)20-19(14-8-2-6-12-18(14)32-20)29-21(30)13-7-1-3-9-15(13)23(25,26)27/h1-12H,(H,28,31)(H,29,30). The Bertz CT molecular complexity index is 1330. The number of amides is 2. The molecular formula is C23H14F4N2O3. The molecule has 32 heavy (non-hydrogen) atoms. The van der Waals surface area contributed by atoms with Gasteiger partial charge in [0, 0.05) is 5.39 Å². The topological polar surface area (TPSA) is 71.3 Å². The zero-order valence-electron chi connectivity index (χ0n) is 16.2. The van der Waals surface area contributed by atoms with Gasteiger partial charge in [-0.25, -0.2) is 4.39 Å². The number of furan rings is 1. The molecule has 4 aromatic rings. The molecular weight excluding hydrogens is 428 g/mol. The predicted octanol–water partition coefficient (Wildman–Crippen LogP) is 6.10. The van der Waals surface area contributed by atoms with E-state index in [4.69, 9.17) is 4.42 Å². The van der Waals surface area contributed by atoms with E-state index < -0.39 is 34.9 Å². The van der Waals surface area contributed by atoms with Gasteiger partial charge in [-0.2, -0.15) is 13.2 Å². The van der Waals surface area contributed by atoms with Crippen molar-refractivity contribution >= 4 is 34.2 Å². The molecule has 0 aliphatic carbocycles. The lowest BCUT2D eigenvalue weighted by Crippen LogP contribution is -2.20. The van der Waals surface area contributed by atoms with Crippen LogP contribution in [0.15, 0.2) is 77.2 Å². The van der Waals surface area contributed by atoms with Crippen LogP contribution in [0.1, 0.15) is 26.5 Å². The van der Waals surface area contributed by atoms with E-state index in [2.05, 4.69) is 10.6 Å². The van der Waals surface area contributed by atoms with Crippen molar-refractivity contribution in [1.29, 1.82) is 0 Å². The van der Waals surface area contributed by atoms with E-state index in [1.165, 1.54) is 42.5 Å². The van der Waals surface area contributed by atoms with E-state index in [0.717, 1.165) is 18.2 Å². The Hall–Kier alpha value is -4.14. The highest BCUT2D eigenvalue weighted by atomic mass is 19.4. The van der Waals surface area contributed by atoms with Gasteiger partial charge in [0.25, 0.3) is 11.8 Å². The van der Waals surface area contributed by atoms with E-state index in [0.29, 0.717) is 5.39 Å². The van der Waals surface area contributed by atoms with E-state index >= 15 is 0 Å². The average molecular weight is 442 g/mol. The molecule has 0 aliphatic rings. The minimum absolute atomic E-state index is 0.127. The number of nitrogens with one attached hydrogen (secondary N) is 2. The second-order valence-electron chi connectivity index (χ2n) is 6.73. The lowest BCUT2D eigenvalue weighted by Gasteiger charge is -2.13. The maximum Gasteiger partial charge on any atom is 0.417 e. The van der Waals surface area contributed by atoms with E-state index in [1.54, 1.807) is 12.1 Å². The fourth-order valence-electron chi connectivity index (χ4n) is 3.18. The molecule has 0 bridgehead atoms. The van der Waals surface area contributed by atoms with Crippen molar-refractivity contribution in [2.24, 2.45) is 0 Å². The molecule has 162 valence electrons. The van der Waals surface area contributed by atoms with Crippen molar-refractivity contribution in [2.45, 2.75) is 6.18 Å². The number of fused-ring (bicyclic) bond motifs is 1. The number of hydrogen-bond acceptors (Lipinski definition) is 3. The van der Waals surface area contributed by atoms with Gasteiger partial charge >= 0.3 is 6.18 Å². The van der Waals surface area contributed by atoms with Gasteiger partial charge < -0.3 is 15.1 Å². The third-order valence-corrected chi connectivity index (χ3v) is 4.64. The molecule has 4 rings (SSSR count). The van der Waals surface area contributed by atoms with Crippen molar-refractivity contribution in [3.8, 4) is 0 Å². The second-order valence-corrected chi connectivity index (χ2v) is 6.73. The molecule has 0 atom stereocenters. The van der Waals surface area contributed by atoms with Gasteiger partial charge in [-0.15, -0.1) is 0 Å². The Kier molecular flexibility index (Phi) is 5.40. The average Bonchev–Trinajstić information content (AvgIpc) is 3.13. The summed E-state index contributed by atoms with van der Waals surface area (Å²) in [5.74, 6) is -3.04. The third kappa shape index (κ3) is 4.04. The van der Waals surface area contributed by atoms with Crippen LogP contribution in [0.2, 0.25) is 0 Å². The Balaban J connectivity index is 1.74. The largest absolute Gasteiger partial charge is 0.449 e. The van der Waals surface area contributed by atoms with Crippen LogP contribution in [0.3, 0.4) is 0 Å². The molecule has 0 fully saturated rings. The highest BCUT2D eigenvalue weighted by molar-refractivity contribution is 6.17. The first-order valence-corrected chi connectivity index (χ1v) is 9.30. The van der Waals surface area contributed by atoms with Crippen LogP contribution in [0.5, 0.6) is 0 Å². The van der Waals surface area contributed by atoms with Gasteiger partial charge in [0.15, 0.2) is 0 Å².